The molecule has 0 saturated heterocycles. The molecule has 0 amide bonds. The molecule has 2 saturated carbocycles. The van der Waals surface area contributed by atoms with Gasteiger partial charge < -0.3 is 4.52 Å². The zero-order valence-corrected chi connectivity index (χ0v) is 27.4. The first-order chi connectivity index (χ1) is 20.7. The maximum atomic E-state index is 7.23. The van der Waals surface area contributed by atoms with Crippen molar-refractivity contribution in [1.82, 2.24) is 4.67 Å². The molecule has 10 radical (unpaired) electrons. The Balaban J connectivity index is 0.000000641. The first kappa shape index (κ1) is 34.1. The predicted octanol–water partition coefficient (Wildman–Crippen LogP) is 8.22. The van der Waals surface area contributed by atoms with Gasteiger partial charge in [-0.05, 0) is 82.6 Å². The van der Waals surface area contributed by atoms with E-state index in [0.717, 1.165) is 0 Å². The second-order valence-corrected chi connectivity index (χ2v) is 14.1. The molecule has 0 unspecified atom stereocenters. The van der Waals surface area contributed by atoms with Crippen LogP contribution in [0, 0.1) is 63.4 Å². The minimum atomic E-state index is -1.01. The van der Waals surface area contributed by atoms with Crippen molar-refractivity contribution in [3.63, 3.8) is 0 Å². The molecule has 2 nitrogen and oxygen atoms in total. The Kier molecular flexibility index (Phi) is 14.4. The third-order valence-corrected chi connectivity index (χ3v) is 11.7. The molecule has 2 aliphatic rings. The fourth-order valence-corrected chi connectivity index (χ4v) is 9.24. The molecule has 43 heavy (non-hydrogen) atoms. The monoisotopic (exact) mass is 641 g/mol. The van der Waals surface area contributed by atoms with Gasteiger partial charge >= 0.3 is 17.1 Å². The van der Waals surface area contributed by atoms with Gasteiger partial charge in [0.15, 0.2) is 0 Å². The number of likely N-dealkylation sites (N-methyl/N-ethyl adjacent to an activating group) is 1. The van der Waals surface area contributed by atoms with E-state index in [1.165, 1.54) is 27.1 Å². The molecule has 0 heterocycles. The van der Waals surface area contributed by atoms with Crippen LogP contribution in [0.2, 0.25) is 0 Å². The molecule has 4 aromatic carbocycles. The molecule has 2 aliphatic carbocycles. The zero-order chi connectivity index (χ0) is 29.0. The van der Waals surface area contributed by atoms with Gasteiger partial charge in [0.1, 0.15) is 6.10 Å². The first-order valence-corrected chi connectivity index (χ1v) is 16.9. The SMILES string of the molecule is C[C@H]([C@@H](OP(c1ccccc1)c1ccccc1)c1ccccc1)N(C)[P@]([C]1[CH][CH][CH][CH]1)c1ccccc1.[CH]1[CH][CH][CH][CH]1.[Fe+2]. The molecular weight excluding hydrogens is 604 g/mol. The number of hydrogen-bond donors (Lipinski definition) is 0. The quantitative estimate of drug-likeness (QED) is 0.128. The predicted molar refractivity (Wildman–Crippen MR) is 182 cm³/mol. The van der Waals surface area contributed by atoms with Gasteiger partial charge in [-0.25, -0.2) is 0 Å². The Hall–Kier alpha value is -1.82. The summed E-state index contributed by atoms with van der Waals surface area (Å²) in [5.74, 6) is 0. The molecule has 0 N–H and O–H groups in total. The van der Waals surface area contributed by atoms with Crippen molar-refractivity contribution in [1.29, 1.82) is 0 Å². The molecule has 4 aromatic rings. The maximum absolute atomic E-state index is 7.23. The second kappa shape index (κ2) is 18.2. The average molecular weight is 642 g/mol. The van der Waals surface area contributed by atoms with Crippen LogP contribution in [0.3, 0.4) is 0 Å². The Labute approximate surface area is 273 Å². The van der Waals surface area contributed by atoms with E-state index >= 15 is 0 Å². The van der Waals surface area contributed by atoms with E-state index in [1.807, 2.05) is 32.1 Å². The van der Waals surface area contributed by atoms with Crippen LogP contribution < -0.4 is 15.9 Å². The van der Waals surface area contributed by atoms with Gasteiger partial charge in [0.05, 0.1) is 8.15 Å². The Morgan fingerprint density at radius 2 is 0.930 bits per heavy atom. The summed E-state index contributed by atoms with van der Waals surface area (Å²) in [5.41, 5.74) is 2.56. The third-order valence-electron chi connectivity index (χ3n) is 7.12. The van der Waals surface area contributed by atoms with Crippen LogP contribution in [0.1, 0.15) is 18.6 Å². The summed E-state index contributed by atoms with van der Waals surface area (Å²) in [7, 11) is 0.534. The van der Waals surface area contributed by atoms with Crippen molar-refractivity contribution in [3.8, 4) is 0 Å². The average Bonchev–Trinajstić information content (AvgIpc) is 3.82. The molecule has 2 fully saturated rings. The largest absolute Gasteiger partial charge is 2.00 e. The van der Waals surface area contributed by atoms with E-state index in [0.29, 0.717) is 0 Å². The van der Waals surface area contributed by atoms with E-state index in [-0.39, 0.29) is 29.2 Å². The van der Waals surface area contributed by atoms with Crippen LogP contribution in [0.4, 0.5) is 0 Å². The van der Waals surface area contributed by atoms with Crippen LogP contribution in [-0.4, -0.2) is 17.8 Å². The topological polar surface area (TPSA) is 12.5 Å². The summed E-state index contributed by atoms with van der Waals surface area (Å²) >= 11 is 0. The zero-order valence-electron chi connectivity index (χ0n) is 24.5. The number of benzene rings is 4. The summed E-state index contributed by atoms with van der Waals surface area (Å²) in [4.78, 5) is 0. The van der Waals surface area contributed by atoms with Crippen LogP contribution >= 0.6 is 16.2 Å². The van der Waals surface area contributed by atoms with Crippen molar-refractivity contribution >= 4 is 32.1 Å². The van der Waals surface area contributed by atoms with E-state index in [1.54, 1.807) is 0 Å². The van der Waals surface area contributed by atoms with Gasteiger partial charge in [-0.15, -0.1) is 0 Å². The van der Waals surface area contributed by atoms with Gasteiger partial charge in [-0.2, -0.15) is 0 Å². The minimum Gasteiger partial charge on any atom is -0.340 e. The van der Waals surface area contributed by atoms with Crippen molar-refractivity contribution in [2.24, 2.45) is 0 Å². The molecular formula is C38H37FeNOP2+2. The molecule has 0 bridgehead atoms. The second-order valence-electron chi connectivity index (χ2n) is 9.97. The smallest absolute Gasteiger partial charge is 0.340 e. The maximum Gasteiger partial charge on any atom is 2.00 e. The Bertz CT molecular complexity index is 1240. The van der Waals surface area contributed by atoms with Crippen molar-refractivity contribution in [2.75, 3.05) is 7.05 Å². The molecule has 0 aromatic heterocycles. The normalized spacial score (nSPS) is 17.1. The first-order valence-electron chi connectivity index (χ1n) is 14.3. The van der Waals surface area contributed by atoms with Gasteiger partial charge in [-0.1, -0.05) is 121 Å². The van der Waals surface area contributed by atoms with E-state index in [4.69, 9.17) is 4.52 Å². The summed E-state index contributed by atoms with van der Waals surface area (Å²) < 4.78 is 9.76. The molecule has 3 atom stereocenters. The van der Waals surface area contributed by atoms with Gasteiger partial charge in [-0.3, -0.25) is 4.67 Å². The van der Waals surface area contributed by atoms with Crippen LogP contribution in [0.15, 0.2) is 121 Å². The van der Waals surface area contributed by atoms with Gasteiger partial charge in [0.25, 0.3) is 0 Å². The fourth-order valence-electron chi connectivity index (χ4n) is 4.87. The summed E-state index contributed by atoms with van der Waals surface area (Å²) in [6.45, 7) is 2.31. The molecule has 216 valence electrons. The Morgan fingerprint density at radius 1 is 0.535 bits per heavy atom. The van der Waals surface area contributed by atoms with Crippen LogP contribution in [-0.2, 0) is 21.6 Å². The van der Waals surface area contributed by atoms with Crippen molar-refractivity contribution in [3.05, 3.63) is 190 Å². The molecule has 0 aliphatic heterocycles. The van der Waals surface area contributed by atoms with Crippen LogP contribution in [0.25, 0.3) is 0 Å². The Morgan fingerprint density at radius 3 is 1.37 bits per heavy atom. The molecule has 6 rings (SSSR count). The summed E-state index contributed by atoms with van der Waals surface area (Å²) in [6.07, 6.45) is 18.7. The van der Waals surface area contributed by atoms with Crippen molar-refractivity contribution < 1.29 is 21.6 Å². The third kappa shape index (κ3) is 9.58. The standard InChI is InChI=1S/C33H32NOP2.C5H5.Fe/c1-27(34(2)36(30-21-15-16-22-30)29-19-9-4-10-20-29)33(28-17-7-3-8-18-28)35-37(31-23-11-5-12-24-31)32-25-13-6-14-26-32;1-2-4-5-3-1;/h3-27,33H,1-2H3;1-5H;/q;;+2/t27-,33-,36+;;/m1../s1. The van der Waals surface area contributed by atoms with E-state index in [9.17, 15) is 0 Å². The summed E-state index contributed by atoms with van der Waals surface area (Å²) in [5, 5.41) is 3.79. The minimum absolute atomic E-state index is 0. The molecule has 5 heteroatoms. The van der Waals surface area contributed by atoms with E-state index in [2.05, 4.69) is 166 Å². The van der Waals surface area contributed by atoms with Crippen molar-refractivity contribution in [2.45, 2.75) is 19.1 Å². The number of hydrogen-bond acceptors (Lipinski definition) is 2. The molecule has 0 spiro atoms. The van der Waals surface area contributed by atoms with Crippen LogP contribution in [0.5, 0.6) is 0 Å². The fraction of sp³-hybridized carbons (Fsp3) is 0.105. The number of nitrogens with zero attached hydrogens (tertiary/aromatic N) is 1. The van der Waals surface area contributed by atoms with Gasteiger partial charge in [0, 0.05) is 30.4 Å². The summed E-state index contributed by atoms with van der Waals surface area (Å²) in [6, 6.07) is 43.0. The van der Waals surface area contributed by atoms with Gasteiger partial charge in [0.2, 0.25) is 0 Å². The van der Waals surface area contributed by atoms with E-state index < -0.39 is 16.2 Å². The number of rotatable bonds is 10.